The van der Waals surface area contributed by atoms with E-state index in [0.29, 0.717) is 32.0 Å². The van der Waals surface area contributed by atoms with Gasteiger partial charge in [0.25, 0.3) is 0 Å². The van der Waals surface area contributed by atoms with Crippen molar-refractivity contribution in [3.63, 3.8) is 0 Å². The Kier molecular flexibility index (Phi) is 4.23. The number of nitrogens with zero attached hydrogens (tertiary/aromatic N) is 2. The van der Waals surface area contributed by atoms with E-state index in [1.165, 1.54) is 0 Å². The van der Waals surface area contributed by atoms with Crippen LogP contribution in [0.1, 0.15) is 0 Å². The smallest absolute Gasteiger partial charge is 0.239 e. The van der Waals surface area contributed by atoms with E-state index in [2.05, 4.69) is 36.6 Å². The molecule has 1 heterocycles. The van der Waals surface area contributed by atoms with Gasteiger partial charge in [-0.05, 0) is 34.1 Å². The molecule has 1 aromatic heterocycles. The number of aromatic nitrogens is 2. The quantitative estimate of drug-likeness (QED) is 0.584. The summed E-state index contributed by atoms with van der Waals surface area (Å²) in [6.07, 6.45) is 1.58. The van der Waals surface area contributed by atoms with Gasteiger partial charge in [0.15, 0.2) is 0 Å². The lowest BCUT2D eigenvalue weighted by Crippen LogP contribution is -2.11. The summed E-state index contributed by atoms with van der Waals surface area (Å²) in [6.45, 7) is 0. The molecule has 4 N–H and O–H groups in total. The maximum Gasteiger partial charge on any atom is 0.239 e. The number of nitrogens with two attached hydrogens (primary N) is 1. The first-order valence-electron chi connectivity index (χ1n) is 4.81. The van der Waals surface area contributed by atoms with Gasteiger partial charge in [0, 0.05) is 11.2 Å². The van der Waals surface area contributed by atoms with E-state index in [4.69, 9.17) is 29.0 Å². The second-order valence-electron chi connectivity index (χ2n) is 3.28. The van der Waals surface area contributed by atoms with E-state index < -0.39 is 0 Å². The summed E-state index contributed by atoms with van der Waals surface area (Å²) >= 11 is 15.2. The van der Waals surface area contributed by atoms with Gasteiger partial charge in [-0.2, -0.15) is 4.98 Å². The van der Waals surface area contributed by atoms with Crippen molar-refractivity contribution in [2.75, 3.05) is 10.7 Å². The van der Waals surface area contributed by atoms with Crippen LogP contribution < -0.4 is 16.6 Å². The predicted octanol–water partition coefficient (Wildman–Crippen LogP) is 3.58. The molecule has 0 fully saturated rings. The molecule has 0 bridgehead atoms. The SMILES string of the molecule is NNc1ncc(Br)c(Nc2ccc(Cl)cc2Cl)n1. The Bertz CT molecular complexity index is 578. The van der Waals surface area contributed by atoms with Crippen LogP contribution in [0.25, 0.3) is 0 Å². The zero-order valence-electron chi connectivity index (χ0n) is 8.92. The summed E-state index contributed by atoms with van der Waals surface area (Å²) in [5.41, 5.74) is 3.05. The third-order valence-electron chi connectivity index (χ3n) is 2.06. The van der Waals surface area contributed by atoms with Gasteiger partial charge in [-0.15, -0.1) is 0 Å². The number of hydrogen-bond acceptors (Lipinski definition) is 5. The first-order chi connectivity index (χ1) is 8.60. The Morgan fingerprint density at radius 2 is 2.06 bits per heavy atom. The molecule has 0 saturated heterocycles. The van der Waals surface area contributed by atoms with Gasteiger partial charge in [-0.1, -0.05) is 23.2 Å². The molecule has 8 heteroatoms. The molecule has 0 radical (unpaired) electrons. The summed E-state index contributed by atoms with van der Waals surface area (Å²) in [6, 6.07) is 5.13. The molecule has 18 heavy (non-hydrogen) atoms. The topological polar surface area (TPSA) is 75.9 Å². The first-order valence-corrected chi connectivity index (χ1v) is 6.36. The predicted molar refractivity (Wildman–Crippen MR) is 77.3 cm³/mol. The molecule has 5 nitrogen and oxygen atoms in total. The zero-order chi connectivity index (χ0) is 13.1. The summed E-state index contributed by atoms with van der Waals surface area (Å²) in [4.78, 5) is 8.10. The number of anilines is 3. The Morgan fingerprint density at radius 3 is 2.72 bits per heavy atom. The second-order valence-corrected chi connectivity index (χ2v) is 4.98. The van der Waals surface area contributed by atoms with Crippen molar-refractivity contribution in [2.24, 2.45) is 5.84 Å². The average Bonchev–Trinajstić information content (AvgIpc) is 2.35. The average molecular weight is 349 g/mol. The van der Waals surface area contributed by atoms with Crippen LogP contribution in [0.3, 0.4) is 0 Å². The fraction of sp³-hybridized carbons (Fsp3) is 0. The van der Waals surface area contributed by atoms with Gasteiger partial charge in [0.1, 0.15) is 5.82 Å². The Hall–Kier alpha value is -1.08. The summed E-state index contributed by atoms with van der Waals surface area (Å²) in [5.74, 6) is 6.09. The molecule has 2 aromatic rings. The van der Waals surface area contributed by atoms with E-state index in [9.17, 15) is 0 Å². The monoisotopic (exact) mass is 347 g/mol. The van der Waals surface area contributed by atoms with Crippen molar-refractivity contribution in [1.29, 1.82) is 0 Å². The highest BCUT2D eigenvalue weighted by Gasteiger charge is 2.07. The highest BCUT2D eigenvalue weighted by molar-refractivity contribution is 9.10. The molecule has 0 aliphatic heterocycles. The lowest BCUT2D eigenvalue weighted by Gasteiger charge is -2.10. The molecule has 94 valence electrons. The van der Waals surface area contributed by atoms with Crippen molar-refractivity contribution in [3.05, 3.63) is 38.9 Å². The maximum atomic E-state index is 6.06. The van der Waals surface area contributed by atoms with Crippen LogP contribution in [0, 0.1) is 0 Å². The fourth-order valence-electron chi connectivity index (χ4n) is 1.24. The van der Waals surface area contributed by atoms with Crippen molar-refractivity contribution in [2.45, 2.75) is 0 Å². The van der Waals surface area contributed by atoms with Crippen LogP contribution in [0.5, 0.6) is 0 Å². The number of benzene rings is 1. The third-order valence-corrected chi connectivity index (χ3v) is 3.19. The Morgan fingerprint density at radius 1 is 1.28 bits per heavy atom. The van der Waals surface area contributed by atoms with Crippen molar-refractivity contribution < 1.29 is 0 Å². The normalized spacial score (nSPS) is 10.2. The van der Waals surface area contributed by atoms with Crippen molar-refractivity contribution in [1.82, 2.24) is 9.97 Å². The van der Waals surface area contributed by atoms with Gasteiger partial charge in [-0.25, -0.2) is 10.8 Å². The molecular weight excluding hydrogens is 341 g/mol. The molecule has 0 atom stereocenters. The van der Waals surface area contributed by atoms with Gasteiger partial charge in [0.2, 0.25) is 5.95 Å². The van der Waals surface area contributed by atoms with Gasteiger partial charge in [-0.3, -0.25) is 5.43 Å². The van der Waals surface area contributed by atoms with E-state index in [1.54, 1.807) is 24.4 Å². The highest BCUT2D eigenvalue weighted by Crippen LogP contribution is 2.30. The lowest BCUT2D eigenvalue weighted by atomic mass is 10.3. The van der Waals surface area contributed by atoms with Crippen LogP contribution in [-0.2, 0) is 0 Å². The largest absolute Gasteiger partial charge is 0.338 e. The van der Waals surface area contributed by atoms with E-state index in [-0.39, 0.29) is 0 Å². The third kappa shape index (κ3) is 3.02. The summed E-state index contributed by atoms with van der Waals surface area (Å²) in [5, 5.41) is 4.12. The Balaban J connectivity index is 2.33. The van der Waals surface area contributed by atoms with Gasteiger partial charge < -0.3 is 5.32 Å². The molecule has 0 aliphatic carbocycles. The van der Waals surface area contributed by atoms with Gasteiger partial charge in [0.05, 0.1) is 15.2 Å². The summed E-state index contributed by atoms with van der Waals surface area (Å²) in [7, 11) is 0. The van der Waals surface area contributed by atoms with Crippen molar-refractivity contribution >= 4 is 56.6 Å². The van der Waals surface area contributed by atoms with Crippen LogP contribution in [-0.4, -0.2) is 9.97 Å². The first kappa shape index (κ1) is 13.4. The number of hydrazine groups is 1. The fourth-order valence-corrected chi connectivity index (χ4v) is 1.99. The molecular formula is C10H8BrCl2N5. The second kappa shape index (κ2) is 5.71. The highest BCUT2D eigenvalue weighted by atomic mass is 79.9. The molecule has 2 rings (SSSR count). The molecule has 0 amide bonds. The van der Waals surface area contributed by atoms with E-state index in [1.807, 2.05) is 0 Å². The maximum absolute atomic E-state index is 6.06. The summed E-state index contributed by atoms with van der Waals surface area (Å²) < 4.78 is 0.688. The number of rotatable bonds is 3. The van der Waals surface area contributed by atoms with E-state index in [0.717, 1.165) is 0 Å². The minimum atomic E-state index is 0.297. The zero-order valence-corrected chi connectivity index (χ0v) is 12.0. The lowest BCUT2D eigenvalue weighted by molar-refractivity contribution is 1.11. The molecule has 0 spiro atoms. The van der Waals surface area contributed by atoms with E-state index >= 15 is 0 Å². The minimum Gasteiger partial charge on any atom is -0.338 e. The number of nitrogen functional groups attached to an aromatic ring is 1. The van der Waals surface area contributed by atoms with Crippen LogP contribution in [0.2, 0.25) is 10.0 Å². The van der Waals surface area contributed by atoms with Gasteiger partial charge >= 0.3 is 0 Å². The number of hydrogen-bond donors (Lipinski definition) is 3. The minimum absolute atomic E-state index is 0.297. The molecule has 0 unspecified atom stereocenters. The number of halogens is 3. The molecule has 0 saturated carbocycles. The number of nitrogens with one attached hydrogen (secondary N) is 2. The van der Waals surface area contributed by atoms with Crippen molar-refractivity contribution in [3.8, 4) is 0 Å². The Labute approximate surface area is 122 Å². The standard InChI is InChI=1S/C10H8BrCl2N5/c11-6-4-15-10(18-14)17-9(6)16-8-2-1-5(12)3-7(8)13/h1-4H,14H2,(H2,15,16,17,18). The molecule has 0 aliphatic rings. The molecule has 1 aromatic carbocycles. The van der Waals surface area contributed by atoms with Crippen LogP contribution >= 0.6 is 39.1 Å². The van der Waals surface area contributed by atoms with Crippen LogP contribution in [0.15, 0.2) is 28.9 Å². The van der Waals surface area contributed by atoms with Crippen LogP contribution in [0.4, 0.5) is 17.5 Å².